The average molecular weight is 801 g/mol. The Hall–Kier alpha value is -6.82. The van der Waals surface area contributed by atoms with Gasteiger partial charge in [0.1, 0.15) is 30.2 Å². The van der Waals surface area contributed by atoms with Crippen molar-refractivity contribution >= 4 is 47.4 Å². The normalized spacial score (nSPS) is 13.8. The van der Waals surface area contributed by atoms with Crippen molar-refractivity contribution < 1.29 is 38.7 Å². The van der Waals surface area contributed by atoms with Crippen molar-refractivity contribution in [1.29, 1.82) is 0 Å². The first-order valence-electron chi connectivity index (χ1n) is 18.6. The third-order valence-electron chi connectivity index (χ3n) is 8.82. The van der Waals surface area contributed by atoms with Crippen molar-refractivity contribution in [2.45, 2.75) is 81.7 Å². The van der Waals surface area contributed by atoms with Gasteiger partial charge in [0.15, 0.2) is 5.96 Å². The number of carbonyl (C=O) groups is 7. The molecule has 3 aromatic carbocycles. The minimum Gasteiger partial charge on any atom is -0.480 e. The number of carbonyl (C=O) groups excluding carboxylic acids is 6. The largest absolute Gasteiger partial charge is 0.480 e. The van der Waals surface area contributed by atoms with E-state index in [0.29, 0.717) is 23.1 Å². The van der Waals surface area contributed by atoms with E-state index in [1.807, 2.05) is 0 Å². The van der Waals surface area contributed by atoms with Crippen LogP contribution in [0.15, 0.2) is 96.0 Å². The molecular formula is C40H52N10O8. The third kappa shape index (κ3) is 16.1. The molecule has 14 N–H and O–H groups in total. The van der Waals surface area contributed by atoms with Gasteiger partial charge in [-0.15, -0.1) is 0 Å². The third-order valence-corrected chi connectivity index (χ3v) is 8.82. The van der Waals surface area contributed by atoms with Crippen LogP contribution in [-0.2, 0) is 52.8 Å². The number of guanidine groups is 1. The fourth-order valence-electron chi connectivity index (χ4n) is 5.73. The highest BCUT2D eigenvalue weighted by Crippen LogP contribution is 2.10. The molecule has 6 atom stereocenters. The second kappa shape index (κ2) is 23.3. The monoisotopic (exact) mass is 800 g/mol. The van der Waals surface area contributed by atoms with Crippen molar-refractivity contribution in [2.75, 3.05) is 6.54 Å². The Bertz CT molecular complexity index is 1880. The maximum atomic E-state index is 14.0. The molecule has 0 aliphatic heterocycles. The quantitative estimate of drug-likeness (QED) is 0.0299. The summed E-state index contributed by atoms with van der Waals surface area (Å²) in [5, 5.41) is 22.3. The van der Waals surface area contributed by atoms with Crippen molar-refractivity contribution in [3.05, 3.63) is 108 Å². The molecular weight excluding hydrogens is 749 g/mol. The molecule has 0 radical (unpaired) electrons. The SMILES string of the molecule is C[C@H](NC(=O)[C@H](CC(N)=O)NC(=O)[C@H](Cc1ccccc1)NC(=O)[C@H](Cc1ccccc1)NC(=O)[C@@H](N)CCCN=C(N)N)C(=O)N[C@@H](Cc1ccccc1)C(=O)O. The van der Waals surface area contributed by atoms with Gasteiger partial charge in [0.05, 0.1) is 12.5 Å². The lowest BCUT2D eigenvalue weighted by Gasteiger charge is -2.26. The van der Waals surface area contributed by atoms with Crippen LogP contribution in [0, 0.1) is 0 Å². The molecule has 310 valence electrons. The highest BCUT2D eigenvalue weighted by atomic mass is 16.4. The second-order valence-corrected chi connectivity index (χ2v) is 13.6. The van der Waals surface area contributed by atoms with Gasteiger partial charge in [-0.1, -0.05) is 91.0 Å². The van der Waals surface area contributed by atoms with Crippen molar-refractivity contribution in [3.8, 4) is 0 Å². The van der Waals surface area contributed by atoms with Crippen molar-refractivity contribution in [2.24, 2.45) is 27.9 Å². The number of nitrogens with two attached hydrogens (primary N) is 4. The fraction of sp³-hybridized carbons (Fsp3) is 0.350. The Kier molecular flexibility index (Phi) is 18.3. The van der Waals surface area contributed by atoms with Crippen molar-refractivity contribution in [3.63, 3.8) is 0 Å². The number of aliphatic carboxylic acids is 1. The van der Waals surface area contributed by atoms with Crippen LogP contribution in [0.4, 0.5) is 0 Å². The summed E-state index contributed by atoms with van der Waals surface area (Å²) in [6.07, 6.45) is -0.158. The molecule has 3 rings (SSSR count). The van der Waals surface area contributed by atoms with E-state index in [0.717, 1.165) is 0 Å². The van der Waals surface area contributed by atoms with Crippen molar-refractivity contribution in [1.82, 2.24) is 26.6 Å². The fourth-order valence-corrected chi connectivity index (χ4v) is 5.73. The number of aliphatic imine (C=N–C) groups is 1. The smallest absolute Gasteiger partial charge is 0.326 e. The number of carboxylic acid groups (broad SMARTS) is 1. The molecule has 0 saturated carbocycles. The average Bonchev–Trinajstić information content (AvgIpc) is 3.19. The lowest BCUT2D eigenvalue weighted by atomic mass is 10.0. The Balaban J connectivity index is 1.80. The van der Waals surface area contributed by atoms with Gasteiger partial charge in [0.2, 0.25) is 35.4 Å². The number of nitrogens with zero attached hydrogens (tertiary/aromatic N) is 1. The lowest BCUT2D eigenvalue weighted by molar-refractivity contribution is -0.142. The predicted molar refractivity (Wildman–Crippen MR) is 215 cm³/mol. The Morgan fingerprint density at radius 3 is 1.40 bits per heavy atom. The van der Waals surface area contributed by atoms with Crippen LogP contribution >= 0.6 is 0 Å². The summed E-state index contributed by atoms with van der Waals surface area (Å²) in [6.45, 7) is 1.54. The summed E-state index contributed by atoms with van der Waals surface area (Å²) in [6, 6.07) is 18.3. The zero-order valence-electron chi connectivity index (χ0n) is 32.1. The van der Waals surface area contributed by atoms with Gasteiger partial charge in [-0.2, -0.15) is 0 Å². The molecule has 0 spiro atoms. The second-order valence-electron chi connectivity index (χ2n) is 13.6. The Labute approximate surface area is 336 Å². The standard InChI is InChI=1S/C40H52N10O8/c1-24(34(52)50-32(39(57)58)22-27-16-9-4-10-17-27)46-36(54)31(23-33(42)51)49-38(56)30(21-26-14-7-3-8-15-26)48-37(55)29(20-25-12-5-2-6-13-25)47-35(53)28(41)18-11-19-45-40(43)44/h2-10,12-17,24,28-32H,11,18-23,41H2,1H3,(H2,42,51)(H,46,54)(H,47,53)(H,48,55)(H,49,56)(H,50,52)(H,57,58)(H4,43,44,45)/t24-,28-,29-,30-,31-,32-/m0/s1. The Morgan fingerprint density at radius 1 is 0.569 bits per heavy atom. The molecule has 3 aromatic rings. The van der Waals surface area contributed by atoms with Crippen LogP contribution < -0.4 is 49.5 Å². The zero-order valence-corrected chi connectivity index (χ0v) is 32.1. The van der Waals surface area contributed by atoms with Gasteiger partial charge in [-0.25, -0.2) is 4.79 Å². The topological polar surface area (TPSA) is 316 Å². The molecule has 0 aliphatic carbocycles. The van der Waals surface area contributed by atoms with E-state index in [-0.39, 0.29) is 38.2 Å². The summed E-state index contributed by atoms with van der Waals surface area (Å²) < 4.78 is 0. The summed E-state index contributed by atoms with van der Waals surface area (Å²) in [7, 11) is 0. The maximum absolute atomic E-state index is 14.0. The molecule has 18 heteroatoms. The number of carboxylic acids is 1. The first-order chi connectivity index (χ1) is 27.6. The van der Waals surface area contributed by atoms with E-state index in [2.05, 4.69) is 31.6 Å². The lowest BCUT2D eigenvalue weighted by Crippen LogP contribution is -2.60. The van der Waals surface area contributed by atoms with Gasteiger partial charge >= 0.3 is 5.97 Å². The van der Waals surface area contributed by atoms with Gasteiger partial charge < -0.3 is 54.6 Å². The zero-order chi connectivity index (χ0) is 42.6. The van der Waals surface area contributed by atoms with Crippen LogP contribution in [0.1, 0.15) is 42.9 Å². The maximum Gasteiger partial charge on any atom is 0.326 e. The Morgan fingerprint density at radius 2 is 0.966 bits per heavy atom. The summed E-state index contributed by atoms with van der Waals surface area (Å²) in [4.78, 5) is 95.5. The van der Waals surface area contributed by atoms with Crippen LogP contribution in [0.5, 0.6) is 0 Å². The molecule has 6 amide bonds. The van der Waals surface area contributed by atoms with E-state index in [1.54, 1.807) is 91.0 Å². The highest BCUT2D eigenvalue weighted by molar-refractivity contribution is 5.98. The molecule has 0 aromatic heterocycles. The number of nitrogens with one attached hydrogen (secondary N) is 5. The number of primary amides is 1. The van der Waals surface area contributed by atoms with Crippen LogP contribution in [-0.4, -0.2) is 95.3 Å². The predicted octanol–water partition coefficient (Wildman–Crippen LogP) is -1.50. The minimum absolute atomic E-state index is 0.0269. The van der Waals surface area contributed by atoms with Gasteiger partial charge in [0, 0.05) is 25.8 Å². The number of hydrogen-bond donors (Lipinski definition) is 10. The van der Waals surface area contributed by atoms with Crippen LogP contribution in [0.3, 0.4) is 0 Å². The van der Waals surface area contributed by atoms with E-state index in [9.17, 15) is 38.7 Å². The number of hydrogen-bond acceptors (Lipinski definition) is 9. The number of rotatable bonds is 23. The van der Waals surface area contributed by atoms with E-state index in [1.165, 1.54) is 6.92 Å². The van der Waals surface area contributed by atoms with E-state index < -0.39 is 84.1 Å². The first kappa shape index (κ1) is 45.6. The molecule has 58 heavy (non-hydrogen) atoms. The molecule has 0 bridgehead atoms. The molecule has 0 saturated heterocycles. The van der Waals surface area contributed by atoms with Gasteiger partial charge in [-0.05, 0) is 36.5 Å². The first-order valence-corrected chi connectivity index (χ1v) is 18.6. The summed E-state index contributed by atoms with van der Waals surface area (Å²) in [5.41, 5.74) is 24.2. The van der Waals surface area contributed by atoms with E-state index >= 15 is 0 Å². The van der Waals surface area contributed by atoms with Crippen LogP contribution in [0.2, 0.25) is 0 Å². The molecule has 0 unspecified atom stereocenters. The van der Waals surface area contributed by atoms with Gasteiger partial charge in [0.25, 0.3) is 0 Å². The van der Waals surface area contributed by atoms with Gasteiger partial charge in [-0.3, -0.25) is 33.8 Å². The molecule has 0 fully saturated rings. The molecule has 0 aliphatic rings. The number of amides is 6. The molecule has 0 heterocycles. The number of benzene rings is 3. The van der Waals surface area contributed by atoms with Crippen LogP contribution in [0.25, 0.3) is 0 Å². The minimum atomic E-state index is -1.60. The van der Waals surface area contributed by atoms with E-state index in [4.69, 9.17) is 22.9 Å². The summed E-state index contributed by atoms with van der Waals surface area (Å²) in [5.74, 6) is -6.43. The highest BCUT2D eigenvalue weighted by Gasteiger charge is 2.33. The molecule has 18 nitrogen and oxygen atoms in total. The summed E-state index contributed by atoms with van der Waals surface area (Å²) >= 11 is 0.